The molecule has 3 aliphatic heterocycles. The average molecular weight is 506 g/mol. The number of hydrogen-bond donors (Lipinski definition) is 3. The number of carbonyl (C=O) groups is 2. The van der Waals surface area contributed by atoms with Crippen molar-refractivity contribution in [3.8, 4) is 16.9 Å². The summed E-state index contributed by atoms with van der Waals surface area (Å²) in [5.41, 5.74) is 3.48. The van der Waals surface area contributed by atoms with Crippen molar-refractivity contribution in [3.05, 3.63) is 41.6 Å². The molecule has 2 amide bonds. The molecule has 3 aliphatic rings. The van der Waals surface area contributed by atoms with E-state index in [1.165, 1.54) is 0 Å². The van der Waals surface area contributed by atoms with E-state index >= 15 is 0 Å². The molecule has 0 radical (unpaired) electrons. The first-order chi connectivity index (χ1) is 17.9. The Morgan fingerprint density at radius 2 is 2.00 bits per heavy atom. The molecule has 2 fully saturated rings. The molecule has 0 aliphatic carbocycles. The van der Waals surface area contributed by atoms with Crippen LogP contribution in [0.25, 0.3) is 11.1 Å². The number of ether oxygens (including phenoxy) is 1. The van der Waals surface area contributed by atoms with Crippen LogP contribution in [-0.4, -0.2) is 61.7 Å². The first-order valence-corrected chi connectivity index (χ1v) is 13.7. The number of carbonyl (C=O) groups excluding carboxylic acids is 2. The highest BCUT2D eigenvalue weighted by Crippen LogP contribution is 2.38. The number of amides is 2. The predicted octanol–water partition coefficient (Wildman–Crippen LogP) is 3.15. The van der Waals surface area contributed by atoms with Crippen LogP contribution >= 0.6 is 0 Å². The minimum atomic E-state index is -0.216. The monoisotopic (exact) mass is 505 g/mol. The first kappa shape index (κ1) is 25.5. The molecule has 198 valence electrons. The highest BCUT2D eigenvalue weighted by Gasteiger charge is 2.32. The van der Waals surface area contributed by atoms with Gasteiger partial charge in [0.25, 0.3) is 5.91 Å². The molecule has 5 rings (SSSR count). The smallest absolute Gasteiger partial charge is 0.251 e. The number of piperazine rings is 1. The quantitative estimate of drug-likeness (QED) is 0.578. The van der Waals surface area contributed by atoms with Gasteiger partial charge in [-0.25, -0.2) is 4.98 Å². The molecular formula is C29H39N5O3. The van der Waals surface area contributed by atoms with Crippen LogP contribution in [0.3, 0.4) is 0 Å². The molecule has 3 N–H and O–H groups in total. The standard InChI is InChI=1S/C29H39N5O3/c1-18-13-19(2)33-29(36)25(18)17-32-28(35)23-14-21-6-4-5-20(3)37-27(21)24(15-23)22-7-8-26(31-16-22)34-11-9-30-10-12-34/h7-8,14-16,18-20,25,30H,4-6,9-13,17H2,1-3H3,(H,32,35)(H,33,36). The Labute approximate surface area is 219 Å². The Bertz CT molecular complexity index is 1130. The van der Waals surface area contributed by atoms with Crippen molar-refractivity contribution in [1.82, 2.24) is 20.9 Å². The lowest BCUT2D eigenvalue weighted by atomic mass is 9.84. The van der Waals surface area contributed by atoms with Gasteiger partial charge in [-0.05, 0) is 75.3 Å². The van der Waals surface area contributed by atoms with Crippen molar-refractivity contribution < 1.29 is 14.3 Å². The van der Waals surface area contributed by atoms with Crippen molar-refractivity contribution in [2.45, 2.75) is 58.6 Å². The third kappa shape index (κ3) is 5.74. The van der Waals surface area contributed by atoms with Gasteiger partial charge < -0.3 is 25.6 Å². The molecule has 8 nitrogen and oxygen atoms in total. The highest BCUT2D eigenvalue weighted by atomic mass is 16.5. The number of nitrogens with zero attached hydrogens (tertiary/aromatic N) is 2. The van der Waals surface area contributed by atoms with Crippen molar-refractivity contribution in [3.63, 3.8) is 0 Å². The number of pyridine rings is 1. The van der Waals surface area contributed by atoms with Crippen molar-refractivity contribution in [2.75, 3.05) is 37.6 Å². The van der Waals surface area contributed by atoms with E-state index in [1.54, 1.807) is 0 Å². The maximum absolute atomic E-state index is 13.3. The molecule has 4 unspecified atom stereocenters. The van der Waals surface area contributed by atoms with E-state index in [2.05, 4.69) is 46.8 Å². The Balaban J connectivity index is 1.41. The fraction of sp³-hybridized carbons (Fsp3) is 0.552. The van der Waals surface area contributed by atoms with E-state index in [0.29, 0.717) is 12.1 Å². The third-order valence-corrected chi connectivity index (χ3v) is 7.92. The summed E-state index contributed by atoms with van der Waals surface area (Å²) in [5.74, 6) is 1.69. The lowest BCUT2D eigenvalue weighted by Gasteiger charge is -2.32. The first-order valence-electron chi connectivity index (χ1n) is 13.7. The number of benzene rings is 1. The number of fused-ring (bicyclic) bond motifs is 1. The normalized spacial score (nSPS) is 25.9. The molecule has 2 saturated heterocycles. The Morgan fingerprint density at radius 3 is 2.73 bits per heavy atom. The topological polar surface area (TPSA) is 95.6 Å². The zero-order chi connectivity index (χ0) is 25.9. The van der Waals surface area contributed by atoms with Crippen LogP contribution in [0.2, 0.25) is 0 Å². The average Bonchev–Trinajstić information content (AvgIpc) is 3.08. The zero-order valence-corrected chi connectivity index (χ0v) is 22.2. The molecule has 4 heterocycles. The van der Waals surface area contributed by atoms with Crippen LogP contribution < -0.4 is 25.6 Å². The van der Waals surface area contributed by atoms with E-state index in [-0.39, 0.29) is 35.8 Å². The summed E-state index contributed by atoms with van der Waals surface area (Å²) in [7, 11) is 0. The molecule has 2 aromatic rings. The van der Waals surface area contributed by atoms with Gasteiger partial charge in [-0.3, -0.25) is 9.59 Å². The fourth-order valence-electron chi connectivity index (χ4n) is 5.81. The van der Waals surface area contributed by atoms with Gasteiger partial charge in [0.2, 0.25) is 5.91 Å². The van der Waals surface area contributed by atoms with Gasteiger partial charge in [0, 0.05) is 61.7 Å². The maximum atomic E-state index is 13.3. The summed E-state index contributed by atoms with van der Waals surface area (Å²) in [6, 6.07) is 8.19. The minimum Gasteiger partial charge on any atom is -0.490 e. The van der Waals surface area contributed by atoms with Gasteiger partial charge in [-0.1, -0.05) is 6.92 Å². The lowest BCUT2D eigenvalue weighted by Crippen LogP contribution is -2.50. The molecule has 0 saturated carbocycles. The van der Waals surface area contributed by atoms with Crippen molar-refractivity contribution >= 4 is 17.6 Å². The number of aromatic nitrogens is 1. The molecule has 0 spiro atoms. The van der Waals surface area contributed by atoms with E-state index in [0.717, 1.165) is 80.1 Å². The Kier molecular flexibility index (Phi) is 7.65. The van der Waals surface area contributed by atoms with Gasteiger partial charge in [0.1, 0.15) is 11.6 Å². The number of aryl methyl sites for hydroxylation is 1. The van der Waals surface area contributed by atoms with Gasteiger partial charge in [-0.2, -0.15) is 0 Å². The summed E-state index contributed by atoms with van der Waals surface area (Å²) in [6.45, 7) is 10.3. The Hall–Kier alpha value is -3.13. The van der Waals surface area contributed by atoms with Gasteiger partial charge in [0.15, 0.2) is 0 Å². The van der Waals surface area contributed by atoms with Gasteiger partial charge in [-0.15, -0.1) is 0 Å². The highest BCUT2D eigenvalue weighted by molar-refractivity contribution is 5.97. The van der Waals surface area contributed by atoms with E-state index in [4.69, 9.17) is 9.72 Å². The van der Waals surface area contributed by atoms with Crippen LogP contribution in [0.5, 0.6) is 5.75 Å². The predicted molar refractivity (Wildman–Crippen MR) is 145 cm³/mol. The summed E-state index contributed by atoms with van der Waals surface area (Å²) >= 11 is 0. The maximum Gasteiger partial charge on any atom is 0.251 e. The third-order valence-electron chi connectivity index (χ3n) is 7.92. The number of hydrogen-bond acceptors (Lipinski definition) is 6. The second kappa shape index (κ2) is 11.1. The second-order valence-electron chi connectivity index (χ2n) is 10.9. The van der Waals surface area contributed by atoms with Crippen molar-refractivity contribution in [1.29, 1.82) is 0 Å². The molecule has 8 heteroatoms. The van der Waals surface area contributed by atoms with Gasteiger partial charge in [0.05, 0.1) is 12.0 Å². The molecule has 0 bridgehead atoms. The lowest BCUT2D eigenvalue weighted by molar-refractivity contribution is -0.129. The molecule has 1 aromatic heterocycles. The summed E-state index contributed by atoms with van der Waals surface area (Å²) in [4.78, 5) is 32.9. The number of rotatable bonds is 5. The van der Waals surface area contributed by atoms with Crippen LogP contribution in [0.1, 0.15) is 56.0 Å². The number of anilines is 1. The fourth-order valence-corrected chi connectivity index (χ4v) is 5.81. The van der Waals surface area contributed by atoms with Crippen LogP contribution in [0.4, 0.5) is 5.82 Å². The van der Waals surface area contributed by atoms with E-state index < -0.39 is 0 Å². The number of nitrogens with one attached hydrogen (secondary N) is 3. The summed E-state index contributed by atoms with van der Waals surface area (Å²) < 4.78 is 6.39. The van der Waals surface area contributed by atoms with Crippen molar-refractivity contribution in [2.24, 2.45) is 11.8 Å². The van der Waals surface area contributed by atoms with Crippen LogP contribution in [0, 0.1) is 11.8 Å². The van der Waals surface area contributed by atoms with E-state index in [9.17, 15) is 9.59 Å². The molecule has 37 heavy (non-hydrogen) atoms. The molecule has 4 atom stereocenters. The minimum absolute atomic E-state index is 0.0206. The summed E-state index contributed by atoms with van der Waals surface area (Å²) in [6.07, 6.45) is 5.77. The Morgan fingerprint density at radius 1 is 1.19 bits per heavy atom. The molecule has 1 aromatic carbocycles. The van der Waals surface area contributed by atoms with Crippen LogP contribution in [0.15, 0.2) is 30.5 Å². The summed E-state index contributed by atoms with van der Waals surface area (Å²) in [5, 5.41) is 9.43. The van der Waals surface area contributed by atoms with E-state index in [1.807, 2.05) is 25.3 Å². The zero-order valence-electron chi connectivity index (χ0n) is 22.2. The van der Waals surface area contributed by atoms with Gasteiger partial charge >= 0.3 is 0 Å². The second-order valence-corrected chi connectivity index (χ2v) is 10.9. The largest absolute Gasteiger partial charge is 0.490 e. The van der Waals surface area contributed by atoms with Crippen LogP contribution in [-0.2, 0) is 11.2 Å². The molecular weight excluding hydrogens is 466 g/mol. The number of piperidine rings is 1. The SMILES string of the molecule is CC1CC(C)C(CNC(=O)c2cc3c(c(-c4ccc(N5CCNCC5)nc4)c2)OC(C)CCC3)C(=O)N1.